The lowest BCUT2D eigenvalue weighted by atomic mass is 10.3. The smallest absolute Gasteiger partial charge is 0.269 e. The second-order valence-corrected chi connectivity index (χ2v) is 4.80. The zero-order chi connectivity index (χ0) is 13.7. The van der Waals surface area contributed by atoms with Crippen LogP contribution in [0.25, 0.3) is 0 Å². The Bertz CT molecular complexity index is 557. The van der Waals surface area contributed by atoms with Crippen LogP contribution in [0.3, 0.4) is 0 Å². The van der Waals surface area contributed by atoms with Crippen molar-refractivity contribution in [3.05, 3.63) is 52.3 Å². The van der Waals surface area contributed by atoms with Crippen molar-refractivity contribution < 1.29 is 4.92 Å². The Balaban J connectivity index is 2.06. The number of benzene rings is 1. The number of rotatable bonds is 5. The van der Waals surface area contributed by atoms with Crippen LogP contribution in [0.2, 0.25) is 0 Å². The number of nitrogens with zero attached hydrogens (tertiary/aromatic N) is 3. The maximum Gasteiger partial charge on any atom is 0.269 e. The fourth-order valence-electron chi connectivity index (χ4n) is 1.43. The summed E-state index contributed by atoms with van der Waals surface area (Å²) in [5, 5.41) is 14.2. The molecule has 1 N–H and O–H groups in total. The number of nitrogens with one attached hydrogen (secondary N) is 1. The van der Waals surface area contributed by atoms with Crippen molar-refractivity contribution in [3.63, 3.8) is 0 Å². The minimum atomic E-state index is -0.419. The third-order valence-corrected chi connectivity index (χ3v) is 3.22. The van der Waals surface area contributed by atoms with E-state index in [1.807, 2.05) is 7.05 Å². The Labute approximate surface area is 114 Å². The lowest BCUT2D eigenvalue weighted by Gasteiger charge is -2.02. The Morgan fingerprint density at radius 2 is 1.89 bits per heavy atom. The molecule has 0 saturated heterocycles. The van der Waals surface area contributed by atoms with Crippen molar-refractivity contribution in [2.24, 2.45) is 0 Å². The molecule has 19 heavy (non-hydrogen) atoms. The van der Waals surface area contributed by atoms with Crippen molar-refractivity contribution in [2.45, 2.75) is 16.6 Å². The predicted molar refractivity (Wildman–Crippen MR) is 72.0 cm³/mol. The summed E-state index contributed by atoms with van der Waals surface area (Å²) in [4.78, 5) is 19.4. The van der Waals surface area contributed by atoms with Crippen LogP contribution >= 0.6 is 11.8 Å². The van der Waals surface area contributed by atoms with Crippen molar-refractivity contribution in [1.82, 2.24) is 15.3 Å². The largest absolute Gasteiger partial charge is 0.316 e. The first kappa shape index (κ1) is 13.4. The molecule has 0 unspecified atom stereocenters. The van der Waals surface area contributed by atoms with Crippen molar-refractivity contribution in [3.8, 4) is 0 Å². The molecule has 2 rings (SSSR count). The zero-order valence-electron chi connectivity index (χ0n) is 10.2. The maximum absolute atomic E-state index is 10.5. The lowest BCUT2D eigenvalue weighted by Crippen LogP contribution is -2.05. The van der Waals surface area contributed by atoms with Crippen LogP contribution in [0, 0.1) is 10.1 Å². The number of nitro groups is 1. The first-order chi connectivity index (χ1) is 9.19. The van der Waals surface area contributed by atoms with Gasteiger partial charge in [0.25, 0.3) is 5.69 Å². The second-order valence-electron chi connectivity index (χ2n) is 3.76. The summed E-state index contributed by atoms with van der Waals surface area (Å²) >= 11 is 1.37. The number of non-ortho nitro benzene ring substituents is 1. The van der Waals surface area contributed by atoms with E-state index in [0.29, 0.717) is 5.16 Å². The van der Waals surface area contributed by atoms with Gasteiger partial charge in [-0.1, -0.05) is 0 Å². The van der Waals surface area contributed by atoms with Gasteiger partial charge in [0.15, 0.2) is 5.16 Å². The molecule has 98 valence electrons. The summed E-state index contributed by atoms with van der Waals surface area (Å²) in [5.41, 5.74) is 1.09. The molecular formula is C12H12N4O2S. The molecule has 0 bridgehead atoms. The highest BCUT2D eigenvalue weighted by molar-refractivity contribution is 7.99. The summed E-state index contributed by atoms with van der Waals surface area (Å²) in [7, 11) is 1.86. The Hall–Kier alpha value is -1.99. The molecule has 2 aromatic rings. The zero-order valence-corrected chi connectivity index (χ0v) is 11.1. The third kappa shape index (κ3) is 3.73. The van der Waals surface area contributed by atoms with Gasteiger partial charge in [0.2, 0.25) is 0 Å². The molecule has 0 amide bonds. The van der Waals surface area contributed by atoms with Crippen molar-refractivity contribution in [2.75, 3.05) is 7.05 Å². The molecule has 1 heterocycles. The molecule has 0 aliphatic heterocycles. The van der Waals surface area contributed by atoms with Crippen LogP contribution in [0.15, 0.2) is 46.7 Å². The summed E-state index contributed by atoms with van der Waals surface area (Å²) < 4.78 is 0. The average molecular weight is 276 g/mol. The molecule has 1 aromatic carbocycles. The highest BCUT2D eigenvalue weighted by Gasteiger charge is 2.06. The van der Waals surface area contributed by atoms with Gasteiger partial charge in [-0.15, -0.1) is 0 Å². The summed E-state index contributed by atoms with van der Waals surface area (Å²) in [5.74, 6) is 0. The average Bonchev–Trinajstić information content (AvgIpc) is 2.42. The third-order valence-electron chi connectivity index (χ3n) is 2.32. The van der Waals surface area contributed by atoms with Gasteiger partial charge in [-0.25, -0.2) is 9.97 Å². The standard InChI is InChI=1S/C12H12N4O2S/c1-13-6-9-7-14-12(15-8-9)19-11-4-2-10(3-5-11)16(17)18/h2-5,7-8,13H,6H2,1H3. The normalized spacial score (nSPS) is 10.4. The first-order valence-electron chi connectivity index (χ1n) is 5.57. The molecule has 0 aliphatic carbocycles. The van der Waals surface area contributed by atoms with Crippen LogP contribution in [0.5, 0.6) is 0 Å². The SMILES string of the molecule is CNCc1cnc(Sc2ccc([N+](=O)[O-])cc2)nc1. The summed E-state index contributed by atoms with van der Waals surface area (Å²) in [6.45, 7) is 0.725. The molecule has 0 aliphatic rings. The van der Waals surface area contributed by atoms with Gasteiger partial charge in [-0.3, -0.25) is 10.1 Å². The number of aromatic nitrogens is 2. The fraction of sp³-hybridized carbons (Fsp3) is 0.167. The molecule has 0 radical (unpaired) electrons. The highest BCUT2D eigenvalue weighted by Crippen LogP contribution is 2.25. The number of nitro benzene ring substituents is 1. The van der Waals surface area contributed by atoms with Gasteiger partial charge in [0.1, 0.15) is 0 Å². The molecule has 1 aromatic heterocycles. The van der Waals surface area contributed by atoms with E-state index in [4.69, 9.17) is 0 Å². The molecule has 0 atom stereocenters. The van der Waals surface area contributed by atoms with E-state index < -0.39 is 4.92 Å². The molecule has 6 nitrogen and oxygen atoms in total. The van der Waals surface area contributed by atoms with Gasteiger partial charge in [-0.05, 0) is 30.9 Å². The minimum Gasteiger partial charge on any atom is -0.316 e. The molecule has 0 fully saturated rings. The monoisotopic (exact) mass is 276 g/mol. The number of hydrogen-bond donors (Lipinski definition) is 1. The Morgan fingerprint density at radius 1 is 1.26 bits per heavy atom. The van der Waals surface area contributed by atoms with E-state index in [-0.39, 0.29) is 5.69 Å². The van der Waals surface area contributed by atoms with Crippen molar-refractivity contribution in [1.29, 1.82) is 0 Å². The molecule has 0 spiro atoms. The summed E-state index contributed by atoms with van der Waals surface area (Å²) in [6.07, 6.45) is 3.52. The van der Waals surface area contributed by atoms with E-state index in [1.54, 1.807) is 24.5 Å². The maximum atomic E-state index is 10.5. The van der Waals surface area contributed by atoms with Gasteiger partial charge in [0, 0.05) is 41.5 Å². The topological polar surface area (TPSA) is 81.0 Å². The Kier molecular flexibility index (Phi) is 4.43. The lowest BCUT2D eigenvalue weighted by molar-refractivity contribution is -0.384. The van der Waals surface area contributed by atoms with E-state index in [2.05, 4.69) is 15.3 Å². The first-order valence-corrected chi connectivity index (χ1v) is 6.38. The van der Waals surface area contributed by atoms with Gasteiger partial charge in [0.05, 0.1) is 4.92 Å². The van der Waals surface area contributed by atoms with Crippen molar-refractivity contribution >= 4 is 17.4 Å². The van der Waals surface area contributed by atoms with Gasteiger partial charge >= 0.3 is 0 Å². The Morgan fingerprint density at radius 3 is 2.42 bits per heavy atom. The predicted octanol–water partition coefficient (Wildman–Crippen LogP) is 2.26. The molecular weight excluding hydrogens is 264 g/mol. The van der Waals surface area contributed by atoms with E-state index in [0.717, 1.165) is 17.0 Å². The van der Waals surface area contributed by atoms with Crippen LogP contribution in [-0.2, 0) is 6.54 Å². The quantitative estimate of drug-likeness (QED) is 0.512. The van der Waals surface area contributed by atoms with E-state index in [9.17, 15) is 10.1 Å². The second kappa shape index (κ2) is 6.26. The number of hydrogen-bond acceptors (Lipinski definition) is 6. The fourth-order valence-corrected chi connectivity index (χ4v) is 2.13. The summed E-state index contributed by atoms with van der Waals surface area (Å²) in [6, 6.07) is 6.32. The van der Waals surface area contributed by atoms with E-state index in [1.165, 1.54) is 23.9 Å². The van der Waals surface area contributed by atoms with Crippen LogP contribution in [0.1, 0.15) is 5.56 Å². The van der Waals surface area contributed by atoms with Crippen LogP contribution in [-0.4, -0.2) is 21.9 Å². The minimum absolute atomic E-state index is 0.0784. The van der Waals surface area contributed by atoms with Crippen LogP contribution in [0.4, 0.5) is 5.69 Å². The van der Waals surface area contributed by atoms with Gasteiger partial charge < -0.3 is 5.32 Å². The molecule has 7 heteroatoms. The van der Waals surface area contributed by atoms with Gasteiger partial charge in [-0.2, -0.15) is 0 Å². The highest BCUT2D eigenvalue weighted by atomic mass is 32.2. The van der Waals surface area contributed by atoms with Crippen LogP contribution < -0.4 is 5.32 Å². The molecule has 0 saturated carbocycles. The van der Waals surface area contributed by atoms with E-state index >= 15 is 0 Å².